The van der Waals surface area contributed by atoms with E-state index in [9.17, 15) is 18.0 Å². The zero-order valence-electron chi connectivity index (χ0n) is 13.5. The first-order valence-corrected chi connectivity index (χ1v) is 7.71. The number of amides is 1. The first kappa shape index (κ1) is 16.0. The number of fused-ring (bicyclic) bond motifs is 4. The summed E-state index contributed by atoms with van der Waals surface area (Å²) in [7, 11) is 3.04. The number of ether oxygens (including phenoxy) is 1. The van der Waals surface area contributed by atoms with Crippen molar-refractivity contribution in [3.05, 3.63) is 59.2 Å². The van der Waals surface area contributed by atoms with E-state index < -0.39 is 23.7 Å². The number of carbonyl (C=O) groups is 1. The van der Waals surface area contributed by atoms with Gasteiger partial charge in [0.05, 0.1) is 7.11 Å². The Kier molecular flexibility index (Phi) is 3.18. The Labute approximate surface area is 142 Å². The molecule has 2 aliphatic rings. The van der Waals surface area contributed by atoms with Gasteiger partial charge in [0.1, 0.15) is 11.8 Å². The van der Waals surface area contributed by atoms with E-state index in [2.05, 4.69) is 5.32 Å². The average Bonchev–Trinajstić information content (AvgIpc) is 3.05. The summed E-state index contributed by atoms with van der Waals surface area (Å²) < 4.78 is 46.0. The van der Waals surface area contributed by atoms with Gasteiger partial charge in [-0.1, -0.05) is 24.3 Å². The summed E-state index contributed by atoms with van der Waals surface area (Å²) in [5.41, 5.74) is -0.113. The van der Waals surface area contributed by atoms with Crippen LogP contribution in [-0.2, 0) is 10.3 Å². The van der Waals surface area contributed by atoms with Crippen LogP contribution in [0.5, 0.6) is 5.75 Å². The summed E-state index contributed by atoms with van der Waals surface area (Å²) in [6, 6.07) is 9.28. The lowest BCUT2D eigenvalue weighted by Crippen LogP contribution is -2.49. The Bertz CT molecular complexity index is 881. The normalized spacial score (nSPS) is 24.6. The fourth-order valence-corrected chi connectivity index (χ4v) is 3.83. The number of alkyl halides is 3. The molecule has 1 amide bonds. The summed E-state index contributed by atoms with van der Waals surface area (Å²) in [4.78, 5) is 14.5. The third kappa shape index (κ3) is 1.96. The molecule has 0 radical (unpaired) electrons. The number of methoxy groups -OCH3 is 1. The standard InChI is InChI=1S/C18H15F3N2O2/c1-23-14-8-7-10(25-2)9-13(14)17(16(23)24)12-6-4-3-5-11(12)15(22-17)18(19,20)21/h3-9,15,22H,1-2H3. The number of halogens is 3. The van der Waals surface area contributed by atoms with Gasteiger partial charge < -0.3 is 9.64 Å². The van der Waals surface area contributed by atoms with Crippen molar-refractivity contribution in [3.8, 4) is 5.75 Å². The molecule has 2 atom stereocenters. The topological polar surface area (TPSA) is 41.6 Å². The van der Waals surface area contributed by atoms with Crippen molar-refractivity contribution in [1.82, 2.24) is 5.32 Å². The van der Waals surface area contributed by atoms with Gasteiger partial charge in [0.15, 0.2) is 5.54 Å². The lowest BCUT2D eigenvalue weighted by molar-refractivity contribution is -0.159. The predicted octanol–water partition coefficient (Wildman–Crippen LogP) is 3.12. The summed E-state index contributed by atoms with van der Waals surface area (Å²) in [5.74, 6) is 0.0471. The van der Waals surface area contributed by atoms with Gasteiger partial charge in [-0.2, -0.15) is 13.2 Å². The number of nitrogens with zero attached hydrogens (tertiary/aromatic N) is 1. The van der Waals surface area contributed by atoms with Crippen LogP contribution in [0.25, 0.3) is 0 Å². The number of nitrogens with one attached hydrogen (secondary N) is 1. The molecule has 2 unspecified atom stereocenters. The largest absolute Gasteiger partial charge is 0.497 e. The first-order chi connectivity index (χ1) is 11.8. The minimum Gasteiger partial charge on any atom is -0.497 e. The van der Waals surface area contributed by atoms with E-state index in [4.69, 9.17) is 4.74 Å². The molecule has 2 aromatic carbocycles. The van der Waals surface area contributed by atoms with E-state index in [1.807, 2.05) is 0 Å². The highest BCUT2D eigenvalue weighted by Gasteiger charge is 2.61. The molecule has 2 aromatic rings. The van der Waals surface area contributed by atoms with Crippen molar-refractivity contribution in [1.29, 1.82) is 0 Å². The van der Waals surface area contributed by atoms with Crippen LogP contribution >= 0.6 is 0 Å². The van der Waals surface area contributed by atoms with Gasteiger partial charge in [0, 0.05) is 18.3 Å². The second-order valence-corrected chi connectivity index (χ2v) is 6.20. The molecule has 1 N–H and O–H groups in total. The van der Waals surface area contributed by atoms with Gasteiger partial charge in [0.2, 0.25) is 0 Å². The quantitative estimate of drug-likeness (QED) is 0.861. The molecular weight excluding hydrogens is 333 g/mol. The summed E-state index contributed by atoms with van der Waals surface area (Å²) >= 11 is 0. The average molecular weight is 348 g/mol. The maximum atomic E-state index is 13.6. The number of benzene rings is 2. The van der Waals surface area contributed by atoms with E-state index in [1.165, 1.54) is 18.1 Å². The van der Waals surface area contributed by atoms with Gasteiger partial charge in [-0.25, -0.2) is 0 Å². The van der Waals surface area contributed by atoms with Crippen LogP contribution in [-0.4, -0.2) is 26.2 Å². The minimum absolute atomic E-state index is 0.0763. The highest BCUT2D eigenvalue weighted by atomic mass is 19.4. The highest BCUT2D eigenvalue weighted by Crippen LogP contribution is 2.54. The van der Waals surface area contributed by atoms with Gasteiger partial charge in [-0.3, -0.25) is 10.1 Å². The lowest BCUT2D eigenvalue weighted by Gasteiger charge is -2.26. The molecule has 2 heterocycles. The molecule has 0 fully saturated rings. The zero-order valence-corrected chi connectivity index (χ0v) is 13.5. The molecule has 0 aromatic heterocycles. The molecule has 130 valence electrons. The molecule has 25 heavy (non-hydrogen) atoms. The van der Waals surface area contributed by atoms with Crippen LogP contribution in [0.4, 0.5) is 18.9 Å². The van der Waals surface area contributed by atoms with Crippen molar-refractivity contribution < 1.29 is 22.7 Å². The van der Waals surface area contributed by atoms with Crippen molar-refractivity contribution in [2.75, 3.05) is 19.1 Å². The summed E-state index contributed by atoms with van der Waals surface area (Å²) in [5, 5.41) is 2.59. The van der Waals surface area contributed by atoms with Crippen LogP contribution in [0.1, 0.15) is 22.7 Å². The molecule has 0 bridgehead atoms. The van der Waals surface area contributed by atoms with Crippen molar-refractivity contribution >= 4 is 11.6 Å². The molecule has 0 saturated carbocycles. The summed E-state index contributed by atoms with van der Waals surface area (Å²) in [6.45, 7) is 0. The van der Waals surface area contributed by atoms with Gasteiger partial charge >= 0.3 is 6.18 Å². The Hall–Kier alpha value is -2.54. The van der Waals surface area contributed by atoms with Crippen molar-refractivity contribution in [3.63, 3.8) is 0 Å². The molecule has 0 saturated heterocycles. The van der Waals surface area contributed by atoms with Crippen molar-refractivity contribution in [2.24, 2.45) is 0 Å². The highest BCUT2D eigenvalue weighted by molar-refractivity contribution is 6.10. The van der Waals surface area contributed by atoms with Gasteiger partial charge in [-0.15, -0.1) is 0 Å². The monoisotopic (exact) mass is 348 g/mol. The Morgan fingerprint density at radius 3 is 2.56 bits per heavy atom. The number of likely N-dealkylation sites (N-methyl/N-ethyl adjacent to an activating group) is 1. The number of rotatable bonds is 1. The van der Waals surface area contributed by atoms with Crippen LogP contribution < -0.4 is 15.0 Å². The maximum Gasteiger partial charge on any atom is 0.407 e. The van der Waals surface area contributed by atoms with Crippen LogP contribution in [0, 0.1) is 0 Å². The predicted molar refractivity (Wildman–Crippen MR) is 85.6 cm³/mol. The van der Waals surface area contributed by atoms with E-state index in [0.717, 1.165) is 0 Å². The van der Waals surface area contributed by atoms with E-state index in [-0.39, 0.29) is 5.56 Å². The van der Waals surface area contributed by atoms with Gasteiger partial charge in [0.25, 0.3) is 5.91 Å². The van der Waals surface area contributed by atoms with Crippen LogP contribution in [0.2, 0.25) is 0 Å². The molecule has 4 rings (SSSR count). The molecule has 0 aliphatic carbocycles. The number of anilines is 1. The fourth-order valence-electron chi connectivity index (χ4n) is 3.83. The van der Waals surface area contributed by atoms with E-state index in [0.29, 0.717) is 22.6 Å². The SMILES string of the molecule is COc1ccc2c(c1)C1(NC(C(F)(F)F)c3ccccc31)C(=O)N2C. The van der Waals surface area contributed by atoms with Gasteiger partial charge in [-0.05, 0) is 29.3 Å². The maximum absolute atomic E-state index is 13.6. The number of hydrogen-bond donors (Lipinski definition) is 1. The van der Waals surface area contributed by atoms with E-state index >= 15 is 0 Å². The Balaban J connectivity index is 2.02. The third-order valence-corrected chi connectivity index (χ3v) is 4.96. The Morgan fingerprint density at radius 2 is 1.88 bits per heavy atom. The van der Waals surface area contributed by atoms with Crippen molar-refractivity contribution in [2.45, 2.75) is 17.8 Å². The second-order valence-electron chi connectivity index (χ2n) is 6.20. The molecule has 2 aliphatic heterocycles. The number of hydrogen-bond acceptors (Lipinski definition) is 3. The smallest absolute Gasteiger partial charge is 0.407 e. The van der Waals surface area contributed by atoms with E-state index in [1.54, 1.807) is 43.4 Å². The lowest BCUT2D eigenvalue weighted by atomic mass is 9.84. The summed E-state index contributed by atoms with van der Waals surface area (Å²) in [6.07, 6.45) is -4.51. The Morgan fingerprint density at radius 1 is 1.16 bits per heavy atom. The third-order valence-electron chi connectivity index (χ3n) is 4.96. The molecule has 7 heteroatoms. The second kappa shape index (κ2) is 4.98. The number of carbonyl (C=O) groups excluding carboxylic acids is 1. The van der Waals surface area contributed by atoms with Crippen LogP contribution in [0.15, 0.2) is 42.5 Å². The fraction of sp³-hybridized carbons (Fsp3) is 0.278. The zero-order chi connectivity index (χ0) is 18.0. The molecule has 1 spiro atoms. The van der Waals surface area contributed by atoms with Crippen LogP contribution in [0.3, 0.4) is 0 Å². The minimum atomic E-state index is -4.51. The first-order valence-electron chi connectivity index (χ1n) is 7.71. The molecular formula is C18H15F3N2O2. The molecule has 4 nitrogen and oxygen atoms in total.